The zero-order valence-electron chi connectivity index (χ0n) is 12.0. The number of hydrogen-bond donors (Lipinski definition) is 1. The molecule has 0 saturated carbocycles. The van der Waals surface area contributed by atoms with Gasteiger partial charge in [-0.05, 0) is 24.3 Å². The summed E-state index contributed by atoms with van der Waals surface area (Å²) in [6, 6.07) is 8.52. The van der Waals surface area contributed by atoms with Crippen LogP contribution < -0.4 is 10.1 Å². The van der Waals surface area contributed by atoms with Crippen molar-refractivity contribution in [2.75, 3.05) is 12.4 Å². The lowest BCUT2D eigenvalue weighted by Crippen LogP contribution is -1.99. The average molecular weight is 314 g/mol. The summed E-state index contributed by atoms with van der Waals surface area (Å²) in [5.74, 6) is 0.143. The Kier molecular flexibility index (Phi) is 3.71. The number of nitrogens with zero attached hydrogens (tertiary/aromatic N) is 3. The molecule has 1 N–H and O–H groups in total. The molecule has 0 unspecified atom stereocenters. The molecule has 0 aliphatic rings. The summed E-state index contributed by atoms with van der Waals surface area (Å²) >= 11 is 0. The van der Waals surface area contributed by atoms with E-state index in [0.717, 1.165) is 0 Å². The molecule has 1 aromatic heterocycles. The van der Waals surface area contributed by atoms with Crippen LogP contribution in [0.25, 0.3) is 10.9 Å². The van der Waals surface area contributed by atoms with Crippen LogP contribution >= 0.6 is 0 Å². The molecule has 2 aromatic carbocycles. The minimum atomic E-state index is -0.535. The summed E-state index contributed by atoms with van der Waals surface area (Å²) < 4.78 is 18.0. The SMILES string of the molecule is COc1cc2ncnc(Nc3ccc(F)cc3)c2cc1[N+](=O)[O-]. The second-order valence-electron chi connectivity index (χ2n) is 4.65. The Morgan fingerprint density at radius 3 is 2.61 bits per heavy atom. The number of hydrogen-bond acceptors (Lipinski definition) is 6. The highest BCUT2D eigenvalue weighted by Gasteiger charge is 2.18. The van der Waals surface area contributed by atoms with Gasteiger partial charge in [-0.25, -0.2) is 14.4 Å². The lowest BCUT2D eigenvalue weighted by atomic mass is 10.2. The van der Waals surface area contributed by atoms with E-state index in [9.17, 15) is 14.5 Å². The van der Waals surface area contributed by atoms with Crippen molar-refractivity contribution in [1.82, 2.24) is 9.97 Å². The monoisotopic (exact) mass is 314 g/mol. The topological polar surface area (TPSA) is 90.2 Å². The molecule has 0 atom stereocenters. The van der Waals surface area contributed by atoms with E-state index < -0.39 is 4.92 Å². The van der Waals surface area contributed by atoms with E-state index in [4.69, 9.17) is 4.74 Å². The maximum atomic E-state index is 13.0. The van der Waals surface area contributed by atoms with E-state index in [-0.39, 0.29) is 17.3 Å². The van der Waals surface area contributed by atoms with Gasteiger partial charge in [0.1, 0.15) is 18.0 Å². The molecular weight excluding hydrogens is 303 g/mol. The Labute approximate surface area is 129 Å². The van der Waals surface area contributed by atoms with Crippen LogP contribution in [0.1, 0.15) is 0 Å². The Hall–Kier alpha value is -3.29. The van der Waals surface area contributed by atoms with Crippen LogP contribution in [0.3, 0.4) is 0 Å². The summed E-state index contributed by atoms with van der Waals surface area (Å²) in [7, 11) is 1.35. The quantitative estimate of drug-likeness (QED) is 0.586. The van der Waals surface area contributed by atoms with Crippen LogP contribution in [-0.4, -0.2) is 22.0 Å². The molecule has 0 aliphatic carbocycles. The number of nitro groups is 1. The summed E-state index contributed by atoms with van der Waals surface area (Å²) in [4.78, 5) is 18.8. The first kappa shape index (κ1) is 14.6. The van der Waals surface area contributed by atoms with Crippen molar-refractivity contribution in [3.05, 3.63) is 58.7 Å². The van der Waals surface area contributed by atoms with Crippen molar-refractivity contribution < 1.29 is 14.1 Å². The zero-order valence-corrected chi connectivity index (χ0v) is 12.0. The molecule has 116 valence electrons. The van der Waals surface area contributed by atoms with Gasteiger partial charge in [0.2, 0.25) is 0 Å². The minimum absolute atomic E-state index is 0.119. The number of anilines is 2. The maximum absolute atomic E-state index is 13.0. The molecule has 8 heteroatoms. The van der Waals surface area contributed by atoms with Gasteiger partial charge in [-0.1, -0.05) is 0 Å². The zero-order chi connectivity index (χ0) is 16.4. The Balaban J connectivity index is 2.11. The van der Waals surface area contributed by atoms with Crippen LogP contribution in [0.4, 0.5) is 21.6 Å². The van der Waals surface area contributed by atoms with E-state index in [0.29, 0.717) is 22.4 Å². The first-order chi connectivity index (χ1) is 11.1. The van der Waals surface area contributed by atoms with Crippen molar-refractivity contribution in [2.45, 2.75) is 0 Å². The van der Waals surface area contributed by atoms with Gasteiger partial charge in [0.05, 0.1) is 22.9 Å². The van der Waals surface area contributed by atoms with Gasteiger partial charge in [-0.15, -0.1) is 0 Å². The minimum Gasteiger partial charge on any atom is -0.490 e. The number of benzene rings is 2. The second kappa shape index (κ2) is 5.84. The van der Waals surface area contributed by atoms with Crippen molar-refractivity contribution in [1.29, 1.82) is 0 Å². The van der Waals surface area contributed by atoms with E-state index >= 15 is 0 Å². The fraction of sp³-hybridized carbons (Fsp3) is 0.0667. The molecule has 23 heavy (non-hydrogen) atoms. The molecule has 0 aliphatic heterocycles. The first-order valence-electron chi connectivity index (χ1n) is 6.58. The number of halogens is 1. The lowest BCUT2D eigenvalue weighted by molar-refractivity contribution is -0.385. The van der Waals surface area contributed by atoms with Gasteiger partial charge in [0.25, 0.3) is 0 Å². The van der Waals surface area contributed by atoms with Crippen LogP contribution in [0.15, 0.2) is 42.7 Å². The third-order valence-corrected chi connectivity index (χ3v) is 3.24. The van der Waals surface area contributed by atoms with Crippen LogP contribution in [0.2, 0.25) is 0 Å². The molecule has 7 nitrogen and oxygen atoms in total. The molecule has 0 radical (unpaired) electrons. The molecule has 0 saturated heterocycles. The standard InChI is InChI=1S/C15H11FN4O3/c1-23-14-7-12-11(6-13(14)20(21)22)15(18-8-17-12)19-10-4-2-9(16)3-5-10/h2-8H,1H3,(H,17,18,19). The maximum Gasteiger partial charge on any atom is 0.311 e. The van der Waals surface area contributed by atoms with Crippen LogP contribution in [-0.2, 0) is 0 Å². The number of aromatic nitrogens is 2. The van der Waals surface area contributed by atoms with Gasteiger partial charge < -0.3 is 10.1 Å². The normalized spacial score (nSPS) is 10.5. The summed E-state index contributed by atoms with van der Waals surface area (Å²) in [5, 5.41) is 14.6. The molecule has 0 spiro atoms. The van der Waals surface area contributed by atoms with Gasteiger partial charge in [0, 0.05) is 17.8 Å². The highest BCUT2D eigenvalue weighted by Crippen LogP contribution is 2.34. The molecule has 0 fully saturated rings. The fourth-order valence-electron chi connectivity index (χ4n) is 2.15. The molecule has 3 rings (SSSR count). The predicted octanol–water partition coefficient (Wildman–Crippen LogP) is 3.43. The largest absolute Gasteiger partial charge is 0.490 e. The van der Waals surface area contributed by atoms with Crippen molar-refractivity contribution >= 4 is 28.1 Å². The first-order valence-corrected chi connectivity index (χ1v) is 6.58. The van der Waals surface area contributed by atoms with E-state index in [1.807, 2.05) is 0 Å². The number of methoxy groups -OCH3 is 1. The third kappa shape index (κ3) is 2.86. The van der Waals surface area contributed by atoms with E-state index in [1.54, 1.807) is 12.1 Å². The smallest absolute Gasteiger partial charge is 0.311 e. The third-order valence-electron chi connectivity index (χ3n) is 3.24. The highest BCUT2D eigenvalue weighted by molar-refractivity contribution is 5.93. The van der Waals surface area contributed by atoms with Crippen molar-refractivity contribution in [3.63, 3.8) is 0 Å². The van der Waals surface area contributed by atoms with E-state index in [1.165, 1.54) is 37.7 Å². The molecule has 1 heterocycles. The fourth-order valence-corrected chi connectivity index (χ4v) is 2.15. The number of fused-ring (bicyclic) bond motifs is 1. The van der Waals surface area contributed by atoms with Gasteiger partial charge >= 0.3 is 5.69 Å². The Morgan fingerprint density at radius 1 is 1.22 bits per heavy atom. The molecule has 3 aromatic rings. The van der Waals surface area contributed by atoms with Gasteiger partial charge in [-0.2, -0.15) is 0 Å². The summed E-state index contributed by atoms with van der Waals surface area (Å²) in [6.45, 7) is 0. The second-order valence-corrected chi connectivity index (χ2v) is 4.65. The molecule has 0 amide bonds. The van der Waals surface area contributed by atoms with Crippen molar-refractivity contribution in [3.8, 4) is 5.75 Å². The van der Waals surface area contributed by atoms with Gasteiger partial charge in [-0.3, -0.25) is 10.1 Å². The Morgan fingerprint density at radius 2 is 1.96 bits per heavy atom. The van der Waals surface area contributed by atoms with Crippen molar-refractivity contribution in [2.24, 2.45) is 0 Å². The molecule has 0 bridgehead atoms. The van der Waals surface area contributed by atoms with Crippen LogP contribution in [0, 0.1) is 15.9 Å². The molecular formula is C15H11FN4O3. The summed E-state index contributed by atoms with van der Waals surface area (Å²) in [5.41, 5.74) is 0.911. The van der Waals surface area contributed by atoms with E-state index in [2.05, 4.69) is 15.3 Å². The van der Waals surface area contributed by atoms with Gasteiger partial charge in [0.15, 0.2) is 5.75 Å². The number of nitro benzene ring substituents is 1. The van der Waals surface area contributed by atoms with Crippen LogP contribution in [0.5, 0.6) is 5.75 Å². The Bertz CT molecular complexity index is 884. The number of ether oxygens (including phenoxy) is 1. The lowest BCUT2D eigenvalue weighted by Gasteiger charge is -2.09. The average Bonchev–Trinajstić information content (AvgIpc) is 2.56. The predicted molar refractivity (Wildman–Crippen MR) is 82.4 cm³/mol. The number of nitrogens with one attached hydrogen (secondary N) is 1. The number of rotatable bonds is 4. The summed E-state index contributed by atoms with van der Waals surface area (Å²) in [6.07, 6.45) is 1.33. The highest BCUT2D eigenvalue weighted by atomic mass is 19.1.